The van der Waals surface area contributed by atoms with Crippen LogP contribution in [0.2, 0.25) is 0 Å². The van der Waals surface area contributed by atoms with Gasteiger partial charge >= 0.3 is 0 Å². The lowest BCUT2D eigenvalue weighted by atomic mass is 10.1. The van der Waals surface area contributed by atoms with Gasteiger partial charge in [-0.05, 0) is 48.5 Å². The van der Waals surface area contributed by atoms with E-state index in [9.17, 15) is 9.59 Å². The third-order valence-corrected chi connectivity index (χ3v) is 2.60. The van der Waals surface area contributed by atoms with Crippen LogP contribution < -0.4 is 11.5 Å². The van der Waals surface area contributed by atoms with Crippen LogP contribution in [0, 0.1) is 22.7 Å². The zero-order chi connectivity index (χ0) is 16.5. The van der Waals surface area contributed by atoms with Gasteiger partial charge in [0, 0.05) is 11.1 Å². The summed E-state index contributed by atoms with van der Waals surface area (Å²) in [5.74, 6) is -0.955. The van der Waals surface area contributed by atoms with E-state index < -0.39 is 11.8 Å². The van der Waals surface area contributed by atoms with Crippen LogP contribution in [0.3, 0.4) is 0 Å². The molecule has 0 unspecified atom stereocenters. The highest BCUT2D eigenvalue weighted by Crippen LogP contribution is 2.02. The Morgan fingerprint density at radius 1 is 0.682 bits per heavy atom. The molecule has 2 aromatic rings. The smallest absolute Gasteiger partial charge is 0.248 e. The van der Waals surface area contributed by atoms with E-state index in [1.165, 1.54) is 24.3 Å². The van der Waals surface area contributed by atoms with E-state index in [0.717, 1.165) is 0 Å². The van der Waals surface area contributed by atoms with Crippen molar-refractivity contribution >= 4 is 11.8 Å². The van der Waals surface area contributed by atoms with Crippen LogP contribution in [0.15, 0.2) is 48.5 Å². The Bertz CT molecular complexity index is 683. The minimum atomic E-state index is -0.477. The minimum Gasteiger partial charge on any atom is -0.366 e. The standard InChI is InChI=1S/2C8H6N2O/c2*9-5-6-1-3-7(4-2-6)8(10)11/h2*1-4H,(H2,10,11). The number of nitrogens with zero attached hydrogens (tertiary/aromatic N) is 2. The van der Waals surface area contributed by atoms with Gasteiger partial charge in [0.15, 0.2) is 0 Å². The van der Waals surface area contributed by atoms with Gasteiger partial charge in [-0.15, -0.1) is 0 Å². The molecule has 0 fully saturated rings. The molecule has 0 spiro atoms. The van der Waals surface area contributed by atoms with Crippen molar-refractivity contribution in [1.29, 1.82) is 10.5 Å². The quantitative estimate of drug-likeness (QED) is 0.862. The molecule has 0 aliphatic carbocycles. The minimum absolute atomic E-state index is 0.420. The first-order valence-corrected chi connectivity index (χ1v) is 6.08. The number of nitriles is 2. The lowest BCUT2D eigenvalue weighted by Crippen LogP contribution is -2.10. The van der Waals surface area contributed by atoms with Crippen LogP contribution in [0.1, 0.15) is 31.8 Å². The van der Waals surface area contributed by atoms with Crippen molar-refractivity contribution in [3.05, 3.63) is 70.8 Å². The fraction of sp³-hybridized carbons (Fsp3) is 0. The molecule has 108 valence electrons. The maximum absolute atomic E-state index is 10.5. The summed E-state index contributed by atoms with van der Waals surface area (Å²) in [6.07, 6.45) is 0. The van der Waals surface area contributed by atoms with Crippen molar-refractivity contribution in [2.45, 2.75) is 0 Å². The van der Waals surface area contributed by atoms with E-state index in [2.05, 4.69) is 0 Å². The molecule has 0 atom stereocenters. The van der Waals surface area contributed by atoms with Crippen molar-refractivity contribution in [3.8, 4) is 12.1 Å². The fourth-order valence-corrected chi connectivity index (χ4v) is 1.42. The summed E-state index contributed by atoms with van der Waals surface area (Å²) in [5.41, 5.74) is 11.9. The number of hydrogen-bond acceptors (Lipinski definition) is 4. The SMILES string of the molecule is N#Cc1ccc(C(N)=O)cc1.N#Cc1ccc(C(N)=O)cc1. The molecule has 6 nitrogen and oxygen atoms in total. The zero-order valence-corrected chi connectivity index (χ0v) is 11.5. The predicted molar refractivity (Wildman–Crippen MR) is 79.3 cm³/mol. The Morgan fingerprint density at radius 3 is 1.14 bits per heavy atom. The first-order valence-electron chi connectivity index (χ1n) is 6.08. The van der Waals surface area contributed by atoms with E-state index in [1.54, 1.807) is 24.3 Å². The molecule has 0 bridgehead atoms. The summed E-state index contributed by atoms with van der Waals surface area (Å²) in [6, 6.07) is 16.2. The van der Waals surface area contributed by atoms with Crippen LogP contribution in [0.4, 0.5) is 0 Å². The van der Waals surface area contributed by atoms with Gasteiger partial charge in [-0.25, -0.2) is 0 Å². The molecule has 2 aromatic carbocycles. The predicted octanol–water partition coefficient (Wildman–Crippen LogP) is 1.31. The Labute approximate surface area is 127 Å². The van der Waals surface area contributed by atoms with E-state index in [1.807, 2.05) is 12.1 Å². The molecular weight excluding hydrogens is 280 g/mol. The third kappa shape index (κ3) is 4.80. The van der Waals surface area contributed by atoms with Gasteiger partial charge in [-0.2, -0.15) is 10.5 Å². The number of carbonyl (C=O) groups excluding carboxylic acids is 2. The Balaban J connectivity index is 0.000000220. The molecule has 0 heterocycles. The monoisotopic (exact) mass is 292 g/mol. The molecule has 0 aliphatic rings. The highest BCUT2D eigenvalue weighted by atomic mass is 16.1. The molecule has 0 saturated carbocycles. The summed E-state index contributed by atoms with van der Waals surface area (Å²) in [5, 5.41) is 16.8. The number of primary amides is 2. The van der Waals surface area contributed by atoms with E-state index in [4.69, 9.17) is 22.0 Å². The number of rotatable bonds is 2. The lowest BCUT2D eigenvalue weighted by Gasteiger charge is -1.92. The van der Waals surface area contributed by atoms with Gasteiger partial charge in [0.2, 0.25) is 11.8 Å². The van der Waals surface area contributed by atoms with Crippen LogP contribution in [0.25, 0.3) is 0 Å². The molecule has 0 saturated heterocycles. The molecule has 4 N–H and O–H groups in total. The van der Waals surface area contributed by atoms with Gasteiger partial charge in [-0.1, -0.05) is 0 Å². The Morgan fingerprint density at radius 2 is 0.955 bits per heavy atom. The Hall–Kier alpha value is -3.64. The van der Waals surface area contributed by atoms with Crippen molar-refractivity contribution in [2.75, 3.05) is 0 Å². The average molecular weight is 292 g/mol. The van der Waals surface area contributed by atoms with Gasteiger partial charge in [0.1, 0.15) is 0 Å². The maximum Gasteiger partial charge on any atom is 0.248 e. The topological polar surface area (TPSA) is 134 Å². The highest BCUT2D eigenvalue weighted by Gasteiger charge is 1.98. The average Bonchev–Trinajstić information content (AvgIpc) is 2.55. The largest absolute Gasteiger partial charge is 0.366 e. The molecule has 2 rings (SSSR count). The molecular formula is C16H12N4O2. The third-order valence-electron chi connectivity index (χ3n) is 2.60. The summed E-state index contributed by atoms with van der Waals surface area (Å²) < 4.78 is 0. The van der Waals surface area contributed by atoms with Crippen LogP contribution >= 0.6 is 0 Å². The molecule has 6 heteroatoms. The van der Waals surface area contributed by atoms with Gasteiger partial charge < -0.3 is 11.5 Å². The first kappa shape index (κ1) is 16.4. The number of hydrogen-bond donors (Lipinski definition) is 2. The lowest BCUT2D eigenvalue weighted by molar-refractivity contribution is 0.0992. The van der Waals surface area contributed by atoms with Gasteiger partial charge in [0.25, 0.3) is 0 Å². The van der Waals surface area contributed by atoms with Crippen LogP contribution in [0.5, 0.6) is 0 Å². The Kier molecular flexibility index (Phi) is 5.84. The second-order valence-electron chi connectivity index (χ2n) is 4.11. The number of carbonyl (C=O) groups is 2. The summed E-state index contributed by atoms with van der Waals surface area (Å²) >= 11 is 0. The zero-order valence-electron chi connectivity index (χ0n) is 11.5. The molecule has 0 radical (unpaired) electrons. The van der Waals surface area contributed by atoms with Crippen molar-refractivity contribution in [2.24, 2.45) is 11.5 Å². The van der Waals surface area contributed by atoms with Gasteiger partial charge in [0.05, 0.1) is 23.3 Å². The normalized spacial score (nSPS) is 8.64. The molecule has 0 aromatic heterocycles. The first-order chi connectivity index (χ1) is 10.5. The second-order valence-corrected chi connectivity index (χ2v) is 4.11. The van der Waals surface area contributed by atoms with Crippen LogP contribution in [-0.4, -0.2) is 11.8 Å². The molecule has 22 heavy (non-hydrogen) atoms. The van der Waals surface area contributed by atoms with Crippen molar-refractivity contribution < 1.29 is 9.59 Å². The van der Waals surface area contributed by atoms with E-state index in [0.29, 0.717) is 22.3 Å². The number of benzene rings is 2. The van der Waals surface area contributed by atoms with Crippen molar-refractivity contribution in [1.82, 2.24) is 0 Å². The van der Waals surface area contributed by atoms with Gasteiger partial charge in [-0.3, -0.25) is 9.59 Å². The van der Waals surface area contributed by atoms with E-state index >= 15 is 0 Å². The number of amides is 2. The summed E-state index contributed by atoms with van der Waals surface area (Å²) in [6.45, 7) is 0. The maximum atomic E-state index is 10.5. The molecule has 0 aliphatic heterocycles. The second kappa shape index (κ2) is 7.83. The van der Waals surface area contributed by atoms with Crippen molar-refractivity contribution in [3.63, 3.8) is 0 Å². The summed E-state index contributed by atoms with van der Waals surface area (Å²) in [7, 11) is 0. The summed E-state index contributed by atoms with van der Waals surface area (Å²) in [4.78, 5) is 21.1. The van der Waals surface area contributed by atoms with E-state index in [-0.39, 0.29) is 0 Å². The number of nitrogens with two attached hydrogens (primary N) is 2. The van der Waals surface area contributed by atoms with Crippen LogP contribution in [-0.2, 0) is 0 Å². The fourth-order valence-electron chi connectivity index (χ4n) is 1.42. The molecule has 2 amide bonds. The highest BCUT2D eigenvalue weighted by molar-refractivity contribution is 5.93.